The van der Waals surface area contributed by atoms with Gasteiger partial charge in [-0.1, -0.05) is 29.8 Å². The lowest BCUT2D eigenvalue weighted by atomic mass is 10.0. The zero-order chi connectivity index (χ0) is 22.9. The Kier molecular flexibility index (Phi) is 6.13. The maximum absolute atomic E-state index is 13.4. The summed E-state index contributed by atoms with van der Waals surface area (Å²) in [4.78, 5) is 10.3. The lowest BCUT2D eigenvalue weighted by molar-refractivity contribution is 0.0257. The van der Waals surface area contributed by atoms with Crippen molar-refractivity contribution in [1.82, 2.24) is 24.6 Å². The fraction of sp³-hybridized carbons (Fsp3) is 0.409. The molecule has 11 heteroatoms. The van der Waals surface area contributed by atoms with Crippen LogP contribution in [0.5, 0.6) is 5.75 Å². The van der Waals surface area contributed by atoms with Crippen LogP contribution in [0.25, 0.3) is 11.4 Å². The van der Waals surface area contributed by atoms with Gasteiger partial charge >= 0.3 is 6.55 Å². The average molecular weight is 477 g/mol. The van der Waals surface area contributed by atoms with Gasteiger partial charge in [-0.05, 0) is 18.1 Å². The van der Waals surface area contributed by atoms with E-state index in [9.17, 15) is 8.78 Å². The van der Waals surface area contributed by atoms with Crippen molar-refractivity contribution < 1.29 is 18.3 Å². The van der Waals surface area contributed by atoms with E-state index in [1.807, 2.05) is 24.3 Å². The molecule has 5 rings (SSSR count). The van der Waals surface area contributed by atoms with E-state index in [0.717, 1.165) is 31.7 Å². The Morgan fingerprint density at radius 3 is 2.82 bits per heavy atom. The molecule has 2 aromatic heterocycles. The SMILES string of the molecule is Nc1nc(Cl)cc(-c2nn(C(F)F)cc2Cc2ccccc2OCCN2C[C@H]3C[C@@H]2CO3)n1. The summed E-state index contributed by atoms with van der Waals surface area (Å²) in [6.07, 6.45) is 3.06. The van der Waals surface area contributed by atoms with Crippen LogP contribution in [0.15, 0.2) is 36.5 Å². The molecule has 0 saturated carbocycles. The molecule has 2 aliphatic heterocycles. The number of fused-ring (bicyclic) bond motifs is 2. The number of alkyl halides is 2. The first kappa shape index (κ1) is 22.0. The number of ether oxygens (including phenoxy) is 2. The van der Waals surface area contributed by atoms with Crippen LogP contribution >= 0.6 is 11.6 Å². The van der Waals surface area contributed by atoms with Crippen LogP contribution in [0.2, 0.25) is 5.15 Å². The maximum atomic E-state index is 13.4. The number of aromatic nitrogens is 4. The van der Waals surface area contributed by atoms with Crippen molar-refractivity contribution in [2.75, 3.05) is 32.0 Å². The zero-order valence-electron chi connectivity index (χ0n) is 17.7. The van der Waals surface area contributed by atoms with Crippen molar-refractivity contribution in [2.45, 2.75) is 31.5 Å². The Bertz CT molecular complexity index is 1120. The number of morpholine rings is 1. The molecule has 0 amide bonds. The largest absolute Gasteiger partial charge is 0.492 e. The molecular formula is C22H23ClF2N6O2. The van der Waals surface area contributed by atoms with Gasteiger partial charge in [-0.25, -0.2) is 14.6 Å². The minimum atomic E-state index is -2.79. The smallest absolute Gasteiger partial charge is 0.333 e. The first-order valence-corrected chi connectivity index (χ1v) is 11.1. The molecule has 0 radical (unpaired) electrons. The Labute approximate surface area is 194 Å². The number of hydrogen-bond acceptors (Lipinski definition) is 7. The zero-order valence-corrected chi connectivity index (χ0v) is 18.5. The van der Waals surface area contributed by atoms with E-state index in [4.69, 9.17) is 26.8 Å². The Morgan fingerprint density at radius 1 is 1.24 bits per heavy atom. The van der Waals surface area contributed by atoms with Crippen LogP contribution in [0.3, 0.4) is 0 Å². The van der Waals surface area contributed by atoms with Gasteiger partial charge < -0.3 is 15.2 Å². The lowest BCUT2D eigenvalue weighted by Gasteiger charge is -2.26. The minimum absolute atomic E-state index is 0.0557. The van der Waals surface area contributed by atoms with Crippen LogP contribution in [0.1, 0.15) is 24.1 Å². The molecule has 2 aliphatic rings. The molecule has 3 aromatic rings. The summed E-state index contributed by atoms with van der Waals surface area (Å²) in [6, 6.07) is 9.49. The molecule has 1 aromatic carbocycles. The van der Waals surface area contributed by atoms with Crippen molar-refractivity contribution in [1.29, 1.82) is 0 Å². The van der Waals surface area contributed by atoms with E-state index in [1.54, 1.807) is 0 Å². The monoisotopic (exact) mass is 476 g/mol. The van der Waals surface area contributed by atoms with Crippen molar-refractivity contribution in [3.63, 3.8) is 0 Å². The normalized spacial score (nSPS) is 20.1. The summed E-state index contributed by atoms with van der Waals surface area (Å²) >= 11 is 6.00. The maximum Gasteiger partial charge on any atom is 0.333 e. The number of nitrogen functional groups attached to an aromatic ring is 1. The van der Waals surface area contributed by atoms with Gasteiger partial charge in [0.1, 0.15) is 23.2 Å². The van der Waals surface area contributed by atoms with Crippen LogP contribution in [-0.4, -0.2) is 63.1 Å². The molecule has 174 valence electrons. The number of para-hydroxylation sites is 1. The van der Waals surface area contributed by atoms with E-state index in [0.29, 0.717) is 41.2 Å². The average Bonchev–Trinajstić information content (AvgIpc) is 3.50. The van der Waals surface area contributed by atoms with Crippen LogP contribution in [-0.2, 0) is 11.2 Å². The first-order valence-electron chi connectivity index (χ1n) is 10.7. The van der Waals surface area contributed by atoms with Gasteiger partial charge in [-0.2, -0.15) is 13.9 Å². The summed E-state index contributed by atoms with van der Waals surface area (Å²) in [5.74, 6) is 0.647. The molecule has 0 spiro atoms. The van der Waals surface area contributed by atoms with Gasteiger partial charge in [0.05, 0.1) is 18.4 Å². The second-order valence-electron chi connectivity index (χ2n) is 8.17. The summed E-state index contributed by atoms with van der Waals surface area (Å²) < 4.78 is 39.2. The molecule has 4 heterocycles. The van der Waals surface area contributed by atoms with Crippen molar-refractivity contribution in [3.05, 3.63) is 52.8 Å². The summed E-state index contributed by atoms with van der Waals surface area (Å²) in [7, 11) is 0. The van der Waals surface area contributed by atoms with Crippen LogP contribution in [0.4, 0.5) is 14.7 Å². The highest BCUT2D eigenvalue weighted by atomic mass is 35.5. The number of nitrogens with two attached hydrogens (primary N) is 1. The van der Waals surface area contributed by atoms with E-state index in [2.05, 4.69) is 20.0 Å². The van der Waals surface area contributed by atoms with Gasteiger partial charge in [-0.3, -0.25) is 4.90 Å². The van der Waals surface area contributed by atoms with Crippen LogP contribution < -0.4 is 10.5 Å². The van der Waals surface area contributed by atoms with Gasteiger partial charge in [0.2, 0.25) is 5.95 Å². The summed E-state index contributed by atoms with van der Waals surface area (Å²) in [6.45, 7) is 0.276. The lowest BCUT2D eigenvalue weighted by Crippen LogP contribution is -2.39. The molecule has 33 heavy (non-hydrogen) atoms. The van der Waals surface area contributed by atoms with Gasteiger partial charge in [0.15, 0.2) is 0 Å². The summed E-state index contributed by atoms with van der Waals surface area (Å²) in [5.41, 5.74) is 7.66. The number of benzene rings is 1. The summed E-state index contributed by atoms with van der Waals surface area (Å²) in [5, 5.41) is 4.14. The van der Waals surface area contributed by atoms with Gasteiger partial charge in [-0.15, -0.1) is 0 Å². The first-order chi connectivity index (χ1) is 16.0. The number of likely N-dealkylation sites (tertiary alicyclic amines) is 1. The number of rotatable bonds is 8. The Morgan fingerprint density at radius 2 is 2.09 bits per heavy atom. The predicted octanol–water partition coefficient (Wildman–Crippen LogP) is 3.41. The van der Waals surface area contributed by atoms with E-state index >= 15 is 0 Å². The standard InChI is InChI=1S/C22H23ClF2N6O2/c23-19-9-17(27-22(26)28-19)20-14(10-31(29-20)21(24)25)7-13-3-1-2-4-18(13)32-6-5-30-11-16-8-15(30)12-33-16/h1-4,9-10,15-16,21H,5-8,11-12H2,(H2,26,27,28)/t15-,16-/m1/s1. The predicted molar refractivity (Wildman–Crippen MR) is 118 cm³/mol. The molecule has 2 N–H and O–H groups in total. The number of hydrogen-bond donors (Lipinski definition) is 1. The molecular weight excluding hydrogens is 454 g/mol. The van der Waals surface area contributed by atoms with Crippen molar-refractivity contribution in [3.8, 4) is 17.1 Å². The minimum Gasteiger partial charge on any atom is -0.492 e. The fourth-order valence-corrected chi connectivity index (χ4v) is 4.64. The highest BCUT2D eigenvalue weighted by molar-refractivity contribution is 6.29. The van der Waals surface area contributed by atoms with Crippen LogP contribution in [0, 0.1) is 0 Å². The van der Waals surface area contributed by atoms with E-state index < -0.39 is 6.55 Å². The van der Waals surface area contributed by atoms with Crippen molar-refractivity contribution >= 4 is 17.5 Å². The highest BCUT2D eigenvalue weighted by Gasteiger charge is 2.38. The molecule has 2 bridgehead atoms. The third-order valence-electron chi connectivity index (χ3n) is 5.97. The van der Waals surface area contributed by atoms with E-state index in [-0.39, 0.29) is 22.5 Å². The highest BCUT2D eigenvalue weighted by Crippen LogP contribution is 2.30. The van der Waals surface area contributed by atoms with Crippen molar-refractivity contribution in [2.24, 2.45) is 0 Å². The Hall–Kier alpha value is -2.82. The molecule has 0 unspecified atom stereocenters. The number of nitrogens with zero attached hydrogens (tertiary/aromatic N) is 5. The Balaban J connectivity index is 1.35. The molecule has 2 saturated heterocycles. The second-order valence-corrected chi connectivity index (χ2v) is 8.55. The topological polar surface area (TPSA) is 91.3 Å². The molecule has 2 atom stereocenters. The quantitative estimate of drug-likeness (QED) is 0.498. The third-order valence-corrected chi connectivity index (χ3v) is 6.16. The number of anilines is 1. The molecule has 2 fully saturated rings. The third kappa shape index (κ3) is 4.78. The fourth-order valence-electron chi connectivity index (χ4n) is 4.45. The van der Waals surface area contributed by atoms with Gasteiger partial charge in [0.25, 0.3) is 0 Å². The second kappa shape index (κ2) is 9.20. The molecule has 0 aliphatic carbocycles. The molecule has 8 nitrogen and oxygen atoms in total. The van der Waals surface area contributed by atoms with Gasteiger partial charge in [0, 0.05) is 43.4 Å². The number of halogens is 3. The van der Waals surface area contributed by atoms with E-state index in [1.165, 1.54) is 12.3 Å².